The third-order valence-corrected chi connectivity index (χ3v) is 11.7. The molecule has 0 aromatic carbocycles. The van der Waals surface area contributed by atoms with Gasteiger partial charge in [-0.25, -0.2) is 0 Å². The van der Waals surface area contributed by atoms with E-state index in [4.69, 9.17) is 4.74 Å². The van der Waals surface area contributed by atoms with Crippen LogP contribution >= 0.6 is 0 Å². The first-order valence-corrected chi connectivity index (χ1v) is 16.0. The lowest BCUT2D eigenvalue weighted by atomic mass is 9.47. The van der Waals surface area contributed by atoms with Crippen LogP contribution < -0.4 is 0 Å². The fraction of sp³-hybridized carbons (Fsp3) is 0.909. The highest BCUT2D eigenvalue weighted by Crippen LogP contribution is 2.67. The van der Waals surface area contributed by atoms with Crippen molar-refractivity contribution in [3.05, 3.63) is 11.6 Å². The molecule has 218 valence electrons. The minimum atomic E-state index is -0.234. The number of carbonyl (C=O) groups is 1. The smallest absolute Gasteiger partial charge is 0.320 e. The number of allylic oxidation sites excluding steroid dienone is 1. The molecule has 0 heterocycles. The molecule has 5 nitrogen and oxygen atoms in total. The minimum Gasteiger partial charge on any atom is -0.461 e. The SMILES string of the molecule is CC(C)CCC[C@@H](C)[C@H]1CC[C@H]2[C@@H]3CC=C4CC(OC(=O)CN(CCO)CCO)CC[C@]4(C)[C@H]3CC[C@]12C. The quantitative estimate of drug-likeness (QED) is 0.231. The van der Waals surface area contributed by atoms with Crippen molar-refractivity contribution in [3.63, 3.8) is 0 Å². The van der Waals surface area contributed by atoms with Crippen LogP contribution in [0.4, 0.5) is 0 Å². The van der Waals surface area contributed by atoms with E-state index in [2.05, 4.69) is 40.7 Å². The molecule has 0 aromatic heterocycles. The molecule has 3 fully saturated rings. The standard InChI is InChI=1S/C33H57NO4/c1-23(2)7-6-8-24(3)28-11-12-29-27-10-9-25-21-26(38-31(37)22-34(17-19-35)18-20-36)13-15-32(25,4)30(27)14-16-33(28,29)5/h9,23-24,26-30,35-36H,6-8,10-22H2,1-5H3/t24-,26?,27+,28-,29+,30+,32+,33-/m1/s1. The van der Waals surface area contributed by atoms with Crippen LogP contribution in [0.15, 0.2) is 11.6 Å². The van der Waals surface area contributed by atoms with E-state index in [1.807, 2.05) is 0 Å². The summed E-state index contributed by atoms with van der Waals surface area (Å²) in [7, 11) is 0. The van der Waals surface area contributed by atoms with Gasteiger partial charge in [0, 0.05) is 19.5 Å². The number of ether oxygens (including phenoxy) is 1. The van der Waals surface area contributed by atoms with Gasteiger partial charge in [0.25, 0.3) is 0 Å². The molecule has 3 saturated carbocycles. The van der Waals surface area contributed by atoms with Crippen LogP contribution in [0.5, 0.6) is 0 Å². The summed E-state index contributed by atoms with van der Waals surface area (Å²) in [4.78, 5) is 14.4. The molecule has 2 N–H and O–H groups in total. The molecule has 0 bridgehead atoms. The van der Waals surface area contributed by atoms with Crippen LogP contribution in [0, 0.1) is 46.3 Å². The van der Waals surface area contributed by atoms with Crippen molar-refractivity contribution in [1.82, 2.24) is 4.90 Å². The summed E-state index contributed by atoms with van der Waals surface area (Å²) in [5.74, 6) is 4.79. The zero-order chi connectivity index (χ0) is 27.5. The Kier molecular flexibility index (Phi) is 10.1. The van der Waals surface area contributed by atoms with Crippen molar-refractivity contribution >= 4 is 5.97 Å². The highest BCUT2D eigenvalue weighted by atomic mass is 16.5. The van der Waals surface area contributed by atoms with E-state index in [0.717, 1.165) is 54.8 Å². The van der Waals surface area contributed by atoms with E-state index in [0.29, 0.717) is 18.5 Å². The zero-order valence-corrected chi connectivity index (χ0v) is 25.1. The number of fused-ring (bicyclic) bond motifs is 5. The van der Waals surface area contributed by atoms with E-state index < -0.39 is 0 Å². The van der Waals surface area contributed by atoms with Gasteiger partial charge in [-0.05, 0) is 91.3 Å². The molecule has 0 radical (unpaired) electrons. The maximum Gasteiger partial charge on any atom is 0.320 e. The number of aliphatic hydroxyl groups is 2. The minimum absolute atomic E-state index is 0.0255. The number of hydrogen-bond acceptors (Lipinski definition) is 5. The van der Waals surface area contributed by atoms with Gasteiger partial charge in [0.1, 0.15) is 6.10 Å². The molecule has 0 spiro atoms. The third-order valence-electron chi connectivity index (χ3n) is 11.7. The average molecular weight is 532 g/mol. The lowest BCUT2D eigenvalue weighted by Crippen LogP contribution is -2.51. The van der Waals surface area contributed by atoms with Gasteiger partial charge in [-0.1, -0.05) is 65.5 Å². The predicted molar refractivity (Wildman–Crippen MR) is 154 cm³/mol. The van der Waals surface area contributed by atoms with E-state index in [1.54, 1.807) is 10.5 Å². The number of nitrogens with zero attached hydrogens (tertiary/aromatic N) is 1. The Morgan fingerprint density at radius 1 is 1.03 bits per heavy atom. The Morgan fingerprint density at radius 2 is 1.76 bits per heavy atom. The fourth-order valence-electron chi connectivity index (χ4n) is 9.71. The van der Waals surface area contributed by atoms with Gasteiger partial charge in [0.15, 0.2) is 0 Å². The number of aliphatic hydroxyl groups excluding tert-OH is 2. The average Bonchev–Trinajstić information content (AvgIpc) is 3.21. The number of rotatable bonds is 12. The van der Waals surface area contributed by atoms with Crippen molar-refractivity contribution in [1.29, 1.82) is 0 Å². The first kappa shape index (κ1) is 30.1. The van der Waals surface area contributed by atoms with Crippen LogP contribution in [-0.2, 0) is 9.53 Å². The van der Waals surface area contributed by atoms with Crippen molar-refractivity contribution in [2.75, 3.05) is 32.8 Å². The van der Waals surface area contributed by atoms with Gasteiger partial charge in [0.05, 0.1) is 19.8 Å². The lowest BCUT2D eigenvalue weighted by molar-refractivity contribution is -0.153. The van der Waals surface area contributed by atoms with Crippen LogP contribution in [0.3, 0.4) is 0 Å². The van der Waals surface area contributed by atoms with E-state index >= 15 is 0 Å². The predicted octanol–water partition coefficient (Wildman–Crippen LogP) is 6.23. The molecule has 4 aliphatic rings. The maximum absolute atomic E-state index is 12.6. The molecular weight excluding hydrogens is 474 g/mol. The van der Waals surface area contributed by atoms with E-state index in [-0.39, 0.29) is 37.2 Å². The topological polar surface area (TPSA) is 70.0 Å². The molecule has 4 aliphatic carbocycles. The van der Waals surface area contributed by atoms with Gasteiger partial charge >= 0.3 is 5.97 Å². The molecule has 38 heavy (non-hydrogen) atoms. The Hall–Kier alpha value is -0.910. The second-order valence-electron chi connectivity index (χ2n) is 14.4. The second kappa shape index (κ2) is 12.7. The zero-order valence-electron chi connectivity index (χ0n) is 25.1. The molecule has 4 rings (SSSR count). The number of esters is 1. The van der Waals surface area contributed by atoms with E-state index in [9.17, 15) is 15.0 Å². The Labute approximate surface area is 232 Å². The second-order valence-corrected chi connectivity index (χ2v) is 14.4. The Morgan fingerprint density at radius 3 is 2.45 bits per heavy atom. The van der Waals surface area contributed by atoms with Crippen molar-refractivity contribution in [3.8, 4) is 0 Å². The first-order valence-electron chi connectivity index (χ1n) is 16.0. The van der Waals surface area contributed by atoms with Crippen LogP contribution in [0.1, 0.15) is 105 Å². The summed E-state index contributed by atoms with van der Waals surface area (Å²) < 4.78 is 5.93. The first-order chi connectivity index (χ1) is 18.1. The Bertz CT molecular complexity index is 820. The molecule has 0 aliphatic heterocycles. The van der Waals surface area contributed by atoms with Gasteiger partial charge < -0.3 is 14.9 Å². The van der Waals surface area contributed by atoms with Crippen molar-refractivity contribution in [2.24, 2.45) is 46.3 Å². The maximum atomic E-state index is 12.6. The van der Waals surface area contributed by atoms with Crippen LogP contribution in [0.2, 0.25) is 0 Å². The van der Waals surface area contributed by atoms with Crippen molar-refractivity contribution < 1.29 is 19.7 Å². The van der Waals surface area contributed by atoms with Gasteiger partial charge in [0.2, 0.25) is 0 Å². The summed E-state index contributed by atoms with van der Waals surface area (Å²) in [6.45, 7) is 13.3. The van der Waals surface area contributed by atoms with Crippen LogP contribution in [0.25, 0.3) is 0 Å². The largest absolute Gasteiger partial charge is 0.461 e. The highest BCUT2D eigenvalue weighted by molar-refractivity contribution is 5.72. The molecule has 5 heteroatoms. The third kappa shape index (κ3) is 6.20. The summed E-state index contributed by atoms with van der Waals surface area (Å²) in [5, 5.41) is 18.5. The molecule has 0 saturated heterocycles. The van der Waals surface area contributed by atoms with Gasteiger partial charge in [-0.2, -0.15) is 0 Å². The monoisotopic (exact) mass is 531 g/mol. The summed E-state index contributed by atoms with van der Waals surface area (Å²) in [6, 6.07) is 0. The molecule has 1 unspecified atom stereocenters. The van der Waals surface area contributed by atoms with Gasteiger partial charge in [-0.15, -0.1) is 0 Å². The molecule has 8 atom stereocenters. The van der Waals surface area contributed by atoms with E-state index in [1.165, 1.54) is 51.4 Å². The molecule has 0 aromatic rings. The molecular formula is C33H57NO4. The number of carbonyl (C=O) groups excluding carboxylic acids is 1. The van der Waals surface area contributed by atoms with Crippen molar-refractivity contribution in [2.45, 2.75) is 111 Å². The Balaban J connectivity index is 1.38. The summed E-state index contributed by atoms with van der Waals surface area (Å²) in [6.07, 6.45) is 16.5. The van der Waals surface area contributed by atoms with Crippen LogP contribution in [-0.4, -0.2) is 60.0 Å². The highest BCUT2D eigenvalue weighted by Gasteiger charge is 2.59. The fourth-order valence-corrected chi connectivity index (χ4v) is 9.71. The van der Waals surface area contributed by atoms with Gasteiger partial charge in [-0.3, -0.25) is 9.69 Å². The summed E-state index contributed by atoms with van der Waals surface area (Å²) >= 11 is 0. The number of hydrogen-bond donors (Lipinski definition) is 2. The normalized spacial score (nSPS) is 37.4. The lowest BCUT2D eigenvalue weighted by Gasteiger charge is -2.58. The molecule has 0 amide bonds. The summed E-state index contributed by atoms with van der Waals surface area (Å²) in [5.41, 5.74) is 2.32.